The first kappa shape index (κ1) is 14.1. The summed E-state index contributed by atoms with van der Waals surface area (Å²) in [6.07, 6.45) is 1.03. The second kappa shape index (κ2) is 5.82. The Morgan fingerprint density at radius 2 is 1.87 bits per heavy atom. The lowest BCUT2D eigenvalue weighted by Crippen LogP contribution is -2.40. The molecule has 0 saturated heterocycles. The lowest BCUT2D eigenvalue weighted by atomic mass is 10.1. The number of esters is 1. The Hall–Kier alpha value is -0.940. The summed E-state index contributed by atoms with van der Waals surface area (Å²) in [4.78, 5) is 22.7. The van der Waals surface area contributed by atoms with Gasteiger partial charge in [-0.05, 0) is 40.2 Å². The molecule has 0 aliphatic carbocycles. The average Bonchev–Trinajstić information content (AvgIpc) is 2.10. The molecule has 0 heterocycles. The first-order valence-corrected chi connectivity index (χ1v) is 5.01. The summed E-state index contributed by atoms with van der Waals surface area (Å²) in [5.74, 6) is -1.55. The van der Waals surface area contributed by atoms with Crippen LogP contribution in [0.15, 0.2) is 0 Å². The van der Waals surface area contributed by atoms with E-state index in [2.05, 4.69) is 0 Å². The fourth-order valence-electron chi connectivity index (χ4n) is 0.949. The summed E-state index contributed by atoms with van der Waals surface area (Å²) >= 11 is 0. The van der Waals surface area contributed by atoms with Gasteiger partial charge in [-0.3, -0.25) is 4.79 Å². The van der Waals surface area contributed by atoms with Crippen LogP contribution in [-0.4, -0.2) is 29.9 Å². The van der Waals surface area contributed by atoms with Gasteiger partial charge in [0.05, 0.1) is 6.04 Å². The Balaban J connectivity index is 4.14. The van der Waals surface area contributed by atoms with E-state index >= 15 is 0 Å². The standard InChI is InChI=1S/C10H20N2O3/c1-10(2,3)15-9(14)8(13)7(12)5-4-6-11/h7H,4-6,11-12H2,1-3H3/t7-/m1/s1. The molecule has 0 aromatic heterocycles. The maximum Gasteiger partial charge on any atom is 0.376 e. The Labute approximate surface area is 90.1 Å². The molecule has 0 aliphatic rings. The molecule has 15 heavy (non-hydrogen) atoms. The minimum atomic E-state index is -0.868. The molecule has 0 radical (unpaired) electrons. The highest BCUT2D eigenvalue weighted by atomic mass is 16.6. The number of rotatable bonds is 5. The lowest BCUT2D eigenvalue weighted by Gasteiger charge is -2.20. The average molecular weight is 216 g/mol. The summed E-state index contributed by atoms with van der Waals surface area (Å²) < 4.78 is 4.90. The van der Waals surface area contributed by atoms with Gasteiger partial charge in [0.15, 0.2) is 0 Å². The zero-order valence-corrected chi connectivity index (χ0v) is 9.58. The van der Waals surface area contributed by atoms with Crippen molar-refractivity contribution in [1.29, 1.82) is 0 Å². The van der Waals surface area contributed by atoms with Crippen LogP contribution < -0.4 is 11.5 Å². The van der Waals surface area contributed by atoms with Crippen LogP contribution in [0.3, 0.4) is 0 Å². The quantitative estimate of drug-likeness (QED) is 0.496. The van der Waals surface area contributed by atoms with Crippen LogP contribution in [-0.2, 0) is 14.3 Å². The molecule has 0 unspecified atom stereocenters. The van der Waals surface area contributed by atoms with Crippen molar-refractivity contribution in [2.45, 2.75) is 45.3 Å². The van der Waals surface area contributed by atoms with Gasteiger partial charge in [-0.1, -0.05) is 0 Å². The van der Waals surface area contributed by atoms with E-state index in [1.165, 1.54) is 0 Å². The second-order valence-electron chi connectivity index (χ2n) is 4.40. The summed E-state index contributed by atoms with van der Waals surface area (Å²) in [7, 11) is 0. The van der Waals surface area contributed by atoms with E-state index in [1.54, 1.807) is 20.8 Å². The highest BCUT2D eigenvalue weighted by Crippen LogP contribution is 2.08. The zero-order chi connectivity index (χ0) is 12.1. The zero-order valence-electron chi connectivity index (χ0n) is 9.58. The third kappa shape index (κ3) is 6.19. The molecule has 0 spiro atoms. The minimum Gasteiger partial charge on any atom is -0.454 e. The van der Waals surface area contributed by atoms with Gasteiger partial charge in [-0.2, -0.15) is 0 Å². The van der Waals surface area contributed by atoms with Crippen molar-refractivity contribution in [2.75, 3.05) is 6.54 Å². The maximum absolute atomic E-state index is 11.4. The normalized spacial score (nSPS) is 13.4. The predicted molar refractivity (Wildman–Crippen MR) is 57.1 cm³/mol. The predicted octanol–water partition coefficient (Wildman–Crippen LogP) is -0.0366. The molecule has 0 fully saturated rings. The van der Waals surface area contributed by atoms with Crippen LogP contribution in [0, 0.1) is 0 Å². The van der Waals surface area contributed by atoms with Crippen molar-refractivity contribution in [2.24, 2.45) is 11.5 Å². The molecule has 0 saturated carbocycles. The number of Topliss-reactive ketones (excluding diaryl/α,β-unsaturated/α-hetero) is 1. The van der Waals surface area contributed by atoms with Crippen LogP contribution in [0.4, 0.5) is 0 Å². The number of hydrogen-bond donors (Lipinski definition) is 2. The van der Waals surface area contributed by atoms with Gasteiger partial charge in [-0.25, -0.2) is 4.79 Å². The molecule has 0 aliphatic heterocycles. The Morgan fingerprint density at radius 1 is 1.33 bits per heavy atom. The maximum atomic E-state index is 11.4. The Morgan fingerprint density at radius 3 is 2.27 bits per heavy atom. The van der Waals surface area contributed by atoms with E-state index in [9.17, 15) is 9.59 Å². The fourth-order valence-corrected chi connectivity index (χ4v) is 0.949. The fraction of sp³-hybridized carbons (Fsp3) is 0.800. The Kier molecular flexibility index (Phi) is 5.46. The number of ketones is 1. The summed E-state index contributed by atoms with van der Waals surface area (Å²) in [5.41, 5.74) is 10.1. The van der Waals surface area contributed by atoms with E-state index < -0.39 is 23.4 Å². The van der Waals surface area contributed by atoms with Crippen LogP contribution >= 0.6 is 0 Å². The summed E-state index contributed by atoms with van der Waals surface area (Å²) in [6.45, 7) is 5.55. The molecular weight excluding hydrogens is 196 g/mol. The third-order valence-corrected chi connectivity index (χ3v) is 1.66. The topological polar surface area (TPSA) is 95.4 Å². The molecule has 4 N–H and O–H groups in total. The van der Waals surface area contributed by atoms with Crippen molar-refractivity contribution in [3.8, 4) is 0 Å². The van der Waals surface area contributed by atoms with Crippen LogP contribution in [0.25, 0.3) is 0 Å². The second-order valence-corrected chi connectivity index (χ2v) is 4.40. The van der Waals surface area contributed by atoms with E-state index in [0.717, 1.165) is 0 Å². The number of carbonyl (C=O) groups is 2. The molecule has 0 bridgehead atoms. The molecule has 0 aromatic carbocycles. The van der Waals surface area contributed by atoms with Crippen molar-refractivity contribution in [1.82, 2.24) is 0 Å². The van der Waals surface area contributed by atoms with Crippen molar-refractivity contribution in [3.63, 3.8) is 0 Å². The van der Waals surface area contributed by atoms with Crippen molar-refractivity contribution >= 4 is 11.8 Å². The van der Waals surface area contributed by atoms with Gasteiger partial charge in [0.2, 0.25) is 0 Å². The largest absolute Gasteiger partial charge is 0.454 e. The van der Waals surface area contributed by atoms with Crippen LogP contribution in [0.1, 0.15) is 33.6 Å². The van der Waals surface area contributed by atoms with E-state index in [-0.39, 0.29) is 0 Å². The molecule has 5 heteroatoms. The summed E-state index contributed by atoms with van der Waals surface area (Å²) in [6, 6.07) is -0.802. The molecule has 0 amide bonds. The summed E-state index contributed by atoms with van der Waals surface area (Å²) in [5, 5.41) is 0. The van der Waals surface area contributed by atoms with Crippen LogP contribution in [0.2, 0.25) is 0 Å². The van der Waals surface area contributed by atoms with E-state index in [1.807, 2.05) is 0 Å². The van der Waals surface area contributed by atoms with Crippen molar-refractivity contribution < 1.29 is 14.3 Å². The van der Waals surface area contributed by atoms with Gasteiger partial charge in [0.25, 0.3) is 5.78 Å². The third-order valence-electron chi connectivity index (χ3n) is 1.66. The van der Waals surface area contributed by atoms with Gasteiger partial charge in [0, 0.05) is 0 Å². The first-order chi connectivity index (χ1) is 6.78. The number of ether oxygens (including phenoxy) is 1. The minimum absolute atomic E-state index is 0.411. The molecule has 5 nitrogen and oxygen atoms in total. The van der Waals surface area contributed by atoms with Crippen LogP contribution in [0.5, 0.6) is 0 Å². The van der Waals surface area contributed by atoms with Gasteiger partial charge in [0.1, 0.15) is 5.60 Å². The van der Waals surface area contributed by atoms with Gasteiger partial charge in [-0.15, -0.1) is 0 Å². The monoisotopic (exact) mass is 216 g/mol. The van der Waals surface area contributed by atoms with E-state index in [4.69, 9.17) is 16.2 Å². The smallest absolute Gasteiger partial charge is 0.376 e. The molecule has 0 rings (SSSR count). The molecule has 88 valence electrons. The highest BCUT2D eigenvalue weighted by molar-refractivity contribution is 6.35. The lowest BCUT2D eigenvalue weighted by molar-refractivity contribution is -0.163. The van der Waals surface area contributed by atoms with E-state index in [0.29, 0.717) is 19.4 Å². The Bertz CT molecular complexity index is 233. The van der Waals surface area contributed by atoms with Crippen molar-refractivity contribution in [3.05, 3.63) is 0 Å². The SMILES string of the molecule is CC(C)(C)OC(=O)C(=O)[C@H](N)CCCN. The first-order valence-electron chi connectivity index (χ1n) is 5.01. The molecule has 0 aromatic rings. The molecular formula is C10H20N2O3. The van der Waals surface area contributed by atoms with Gasteiger partial charge < -0.3 is 16.2 Å². The number of hydrogen-bond acceptors (Lipinski definition) is 5. The highest BCUT2D eigenvalue weighted by Gasteiger charge is 2.26. The number of nitrogens with two attached hydrogens (primary N) is 2. The molecule has 1 atom stereocenters. The number of carbonyl (C=O) groups excluding carboxylic acids is 2. The van der Waals surface area contributed by atoms with Gasteiger partial charge >= 0.3 is 5.97 Å².